The number of nitrogens with zero attached hydrogens (tertiary/aromatic N) is 2. The van der Waals surface area contributed by atoms with Crippen LogP contribution in [-0.4, -0.2) is 63.7 Å². The number of ether oxygens (including phenoxy) is 2. The van der Waals surface area contributed by atoms with Crippen LogP contribution in [0.1, 0.15) is 19.8 Å². The Hall–Kier alpha value is -2.42. The molecule has 2 saturated heterocycles. The van der Waals surface area contributed by atoms with Crippen LogP contribution in [0.5, 0.6) is 0 Å². The summed E-state index contributed by atoms with van der Waals surface area (Å²) in [5.41, 5.74) is -0.609. The normalized spacial score (nSPS) is 21.6. The number of alkyl halides is 1. The van der Waals surface area contributed by atoms with Gasteiger partial charge in [-0.2, -0.15) is 0 Å². The van der Waals surface area contributed by atoms with E-state index >= 15 is 0 Å². The number of amides is 2. The summed E-state index contributed by atoms with van der Waals surface area (Å²) in [6, 6.07) is 4.53. The zero-order valence-corrected chi connectivity index (χ0v) is 16.0. The van der Waals surface area contributed by atoms with Gasteiger partial charge in [0.05, 0.1) is 31.1 Å². The summed E-state index contributed by atoms with van der Waals surface area (Å²) >= 11 is 0. The Morgan fingerprint density at radius 2 is 2.11 bits per heavy atom. The van der Waals surface area contributed by atoms with Crippen molar-refractivity contribution in [3.63, 3.8) is 0 Å². The number of hydrogen-bond donors (Lipinski definition) is 1. The molecule has 0 aliphatic carbocycles. The summed E-state index contributed by atoms with van der Waals surface area (Å²) in [6.07, 6.45) is -0.529. The van der Waals surface area contributed by atoms with Crippen molar-refractivity contribution in [2.75, 3.05) is 49.7 Å². The molecule has 2 fully saturated rings. The zero-order chi connectivity index (χ0) is 20.3. The van der Waals surface area contributed by atoms with E-state index in [1.807, 2.05) is 0 Å². The molecule has 0 radical (unpaired) electrons. The number of methoxy groups -OCH3 is 1. The van der Waals surface area contributed by atoms with Gasteiger partial charge in [0.1, 0.15) is 17.6 Å². The van der Waals surface area contributed by atoms with Gasteiger partial charge in [0.25, 0.3) is 0 Å². The summed E-state index contributed by atoms with van der Waals surface area (Å²) in [7, 11) is 1.47. The van der Waals surface area contributed by atoms with E-state index < -0.39 is 23.7 Å². The smallest absolute Gasteiger partial charge is 0.414 e. The van der Waals surface area contributed by atoms with Crippen LogP contribution in [0.4, 0.5) is 25.0 Å². The fourth-order valence-corrected chi connectivity index (χ4v) is 3.57. The first-order chi connectivity index (χ1) is 13.3. The maximum Gasteiger partial charge on any atom is 0.414 e. The van der Waals surface area contributed by atoms with Crippen LogP contribution in [0.25, 0.3) is 0 Å². The van der Waals surface area contributed by atoms with Gasteiger partial charge in [-0.05, 0) is 18.2 Å². The molecule has 0 saturated carbocycles. The van der Waals surface area contributed by atoms with E-state index in [1.165, 1.54) is 25.0 Å². The molecule has 2 heterocycles. The molecule has 2 aliphatic rings. The van der Waals surface area contributed by atoms with Gasteiger partial charge in [-0.3, -0.25) is 9.69 Å². The Morgan fingerprint density at radius 1 is 1.39 bits per heavy atom. The van der Waals surface area contributed by atoms with Crippen molar-refractivity contribution in [3.05, 3.63) is 24.0 Å². The molecule has 0 aromatic heterocycles. The average molecular weight is 397 g/mol. The number of carbonyl (C=O) groups is 2. The average Bonchev–Trinajstić information content (AvgIpc) is 3.02. The maximum absolute atomic E-state index is 14.7. The molecule has 9 heteroatoms. The number of rotatable bonds is 6. The van der Waals surface area contributed by atoms with Gasteiger partial charge in [0.2, 0.25) is 5.91 Å². The number of cyclic esters (lactones) is 1. The highest BCUT2D eigenvalue weighted by Gasteiger charge is 2.36. The third-order valence-electron chi connectivity index (χ3n) is 5.10. The number of hydrogen-bond acceptors (Lipinski definition) is 5. The molecule has 2 amide bonds. The molecule has 1 aromatic carbocycles. The maximum atomic E-state index is 14.7. The van der Waals surface area contributed by atoms with E-state index in [-0.39, 0.29) is 38.4 Å². The van der Waals surface area contributed by atoms with Gasteiger partial charge in [-0.25, -0.2) is 13.6 Å². The summed E-state index contributed by atoms with van der Waals surface area (Å²) in [4.78, 5) is 26.2. The summed E-state index contributed by atoms with van der Waals surface area (Å²) < 4.78 is 39.3. The van der Waals surface area contributed by atoms with Crippen molar-refractivity contribution < 1.29 is 27.8 Å². The molecule has 0 spiro atoms. The quantitative estimate of drug-likeness (QED) is 0.797. The van der Waals surface area contributed by atoms with Crippen LogP contribution in [0, 0.1) is 5.82 Å². The lowest BCUT2D eigenvalue weighted by Gasteiger charge is -2.37. The van der Waals surface area contributed by atoms with Gasteiger partial charge in [0, 0.05) is 40.0 Å². The molecule has 28 heavy (non-hydrogen) atoms. The van der Waals surface area contributed by atoms with Crippen molar-refractivity contribution in [2.24, 2.45) is 0 Å². The molecule has 3 rings (SSSR count). The van der Waals surface area contributed by atoms with Gasteiger partial charge < -0.3 is 19.7 Å². The molecule has 1 N–H and O–H groups in total. The first kappa shape index (κ1) is 20.3. The number of nitrogens with one attached hydrogen (secondary N) is 1. The largest absolute Gasteiger partial charge is 0.442 e. The Bertz CT molecular complexity index is 738. The van der Waals surface area contributed by atoms with Crippen molar-refractivity contribution in [1.82, 2.24) is 5.32 Å². The second-order valence-electron chi connectivity index (χ2n) is 7.26. The van der Waals surface area contributed by atoms with Crippen LogP contribution < -0.4 is 15.1 Å². The minimum atomic E-state index is -1.37. The SMILES string of the molecule is COCC1(F)CCN(c2ccc(N3CC(CNC(C)=O)OC3=O)cc2F)CC1. The number of benzene rings is 1. The molecule has 1 unspecified atom stereocenters. The fraction of sp³-hybridized carbons (Fsp3) is 0.579. The molecular weight excluding hydrogens is 372 g/mol. The highest BCUT2D eigenvalue weighted by Crippen LogP contribution is 2.33. The predicted octanol–water partition coefficient (Wildman–Crippen LogP) is 2.24. The van der Waals surface area contributed by atoms with Crippen LogP contribution in [-0.2, 0) is 14.3 Å². The Morgan fingerprint density at radius 3 is 2.71 bits per heavy atom. The highest BCUT2D eigenvalue weighted by molar-refractivity contribution is 5.90. The van der Waals surface area contributed by atoms with E-state index in [0.29, 0.717) is 24.5 Å². The number of halogens is 2. The van der Waals surface area contributed by atoms with Gasteiger partial charge in [-0.15, -0.1) is 0 Å². The molecule has 7 nitrogen and oxygen atoms in total. The van der Waals surface area contributed by atoms with Crippen LogP contribution in [0.2, 0.25) is 0 Å². The molecule has 1 aromatic rings. The highest BCUT2D eigenvalue weighted by atomic mass is 19.1. The van der Waals surface area contributed by atoms with E-state index in [2.05, 4.69) is 5.32 Å². The number of carbonyl (C=O) groups excluding carboxylic acids is 2. The van der Waals surface area contributed by atoms with Gasteiger partial charge in [-0.1, -0.05) is 0 Å². The molecule has 0 bridgehead atoms. The van der Waals surface area contributed by atoms with E-state index in [9.17, 15) is 18.4 Å². The van der Waals surface area contributed by atoms with Crippen molar-refractivity contribution >= 4 is 23.4 Å². The number of anilines is 2. The minimum Gasteiger partial charge on any atom is -0.442 e. The Balaban J connectivity index is 1.65. The molecule has 154 valence electrons. The third-order valence-corrected chi connectivity index (χ3v) is 5.10. The van der Waals surface area contributed by atoms with Crippen molar-refractivity contribution in [2.45, 2.75) is 31.5 Å². The molecule has 1 atom stereocenters. The zero-order valence-electron chi connectivity index (χ0n) is 16.0. The standard InChI is InChI=1S/C19H25F2N3O4/c1-13(25)22-10-15-11-24(18(26)28-15)14-3-4-17(16(20)9-14)23-7-5-19(21,6-8-23)12-27-2/h3-4,9,15H,5-8,10-12H2,1-2H3,(H,22,25). The van der Waals surface area contributed by atoms with Crippen LogP contribution in [0.3, 0.4) is 0 Å². The fourth-order valence-electron chi connectivity index (χ4n) is 3.57. The van der Waals surface area contributed by atoms with E-state index in [1.54, 1.807) is 17.0 Å². The van der Waals surface area contributed by atoms with Gasteiger partial charge >= 0.3 is 6.09 Å². The van der Waals surface area contributed by atoms with Crippen molar-refractivity contribution in [3.8, 4) is 0 Å². The van der Waals surface area contributed by atoms with Gasteiger partial charge in [0.15, 0.2) is 0 Å². The summed E-state index contributed by atoms with van der Waals surface area (Å²) in [5.74, 6) is -0.692. The minimum absolute atomic E-state index is 0.0407. The lowest BCUT2D eigenvalue weighted by Crippen LogP contribution is -2.44. The van der Waals surface area contributed by atoms with Crippen molar-refractivity contribution in [1.29, 1.82) is 0 Å². The van der Waals surface area contributed by atoms with Crippen LogP contribution >= 0.6 is 0 Å². The first-order valence-corrected chi connectivity index (χ1v) is 9.26. The Kier molecular flexibility index (Phi) is 6.02. The monoisotopic (exact) mass is 397 g/mol. The topological polar surface area (TPSA) is 71.1 Å². The molecular formula is C19H25F2N3O4. The van der Waals surface area contributed by atoms with E-state index in [0.717, 1.165) is 0 Å². The second kappa shape index (κ2) is 8.30. The van der Waals surface area contributed by atoms with Crippen LogP contribution in [0.15, 0.2) is 18.2 Å². The third kappa shape index (κ3) is 4.52. The lowest BCUT2D eigenvalue weighted by atomic mass is 9.94. The second-order valence-corrected chi connectivity index (χ2v) is 7.26. The summed E-state index contributed by atoms with van der Waals surface area (Å²) in [5, 5.41) is 2.60. The number of piperidine rings is 1. The lowest BCUT2D eigenvalue weighted by molar-refractivity contribution is -0.119. The predicted molar refractivity (Wildman–Crippen MR) is 99.9 cm³/mol. The summed E-state index contributed by atoms with van der Waals surface area (Å²) in [6.45, 7) is 2.63. The first-order valence-electron chi connectivity index (χ1n) is 9.26. The van der Waals surface area contributed by atoms with E-state index in [4.69, 9.17) is 9.47 Å². The Labute approximate surface area is 162 Å². The molecule has 2 aliphatic heterocycles.